The van der Waals surface area contributed by atoms with Crippen molar-refractivity contribution < 1.29 is 28.3 Å². The first kappa shape index (κ1) is 28.2. The van der Waals surface area contributed by atoms with Gasteiger partial charge in [0.2, 0.25) is 10.0 Å². The lowest BCUT2D eigenvalue weighted by Gasteiger charge is -2.30. The van der Waals surface area contributed by atoms with Crippen molar-refractivity contribution >= 4 is 32.6 Å². The summed E-state index contributed by atoms with van der Waals surface area (Å²) in [5.74, 6) is -1.39. The van der Waals surface area contributed by atoms with Gasteiger partial charge in [0.25, 0.3) is 11.8 Å². The van der Waals surface area contributed by atoms with Gasteiger partial charge in [-0.1, -0.05) is 54.6 Å². The van der Waals surface area contributed by atoms with E-state index in [1.165, 1.54) is 20.0 Å². The third-order valence-electron chi connectivity index (χ3n) is 5.99. The van der Waals surface area contributed by atoms with Gasteiger partial charge < -0.3 is 10.4 Å². The van der Waals surface area contributed by atoms with Crippen molar-refractivity contribution in [3.63, 3.8) is 0 Å². The SMILES string of the molecule is CC(C)S(=O)(=O)N(CC(=O)N(C)O)C[C@@H](O)[C@H](Cc1ccccc1)NC(=O)c1nccc2ccccc12. The lowest BCUT2D eigenvalue weighted by molar-refractivity contribution is -0.159. The molecular formula is C26H32N4O6S. The number of sulfonamides is 1. The summed E-state index contributed by atoms with van der Waals surface area (Å²) >= 11 is 0. The van der Waals surface area contributed by atoms with E-state index in [2.05, 4.69) is 10.3 Å². The molecule has 198 valence electrons. The van der Waals surface area contributed by atoms with E-state index in [0.717, 1.165) is 22.3 Å². The van der Waals surface area contributed by atoms with Crippen LogP contribution < -0.4 is 5.32 Å². The quantitative estimate of drug-likeness (QED) is 0.255. The number of likely N-dealkylation sites (N-methyl/N-ethyl adjacent to an activating group) is 1. The number of aliphatic hydroxyl groups is 1. The van der Waals surface area contributed by atoms with Gasteiger partial charge in [-0.2, -0.15) is 4.31 Å². The molecule has 0 saturated heterocycles. The number of aromatic nitrogens is 1. The summed E-state index contributed by atoms with van der Waals surface area (Å²) in [6.07, 6.45) is 0.333. The van der Waals surface area contributed by atoms with Crippen LogP contribution in [0, 0.1) is 0 Å². The molecule has 37 heavy (non-hydrogen) atoms. The fraction of sp³-hybridized carbons (Fsp3) is 0.346. The molecule has 0 aliphatic rings. The van der Waals surface area contributed by atoms with Gasteiger partial charge in [0.1, 0.15) is 5.69 Å². The molecule has 10 nitrogen and oxygen atoms in total. The van der Waals surface area contributed by atoms with E-state index in [4.69, 9.17) is 0 Å². The fourth-order valence-corrected chi connectivity index (χ4v) is 5.08. The molecule has 0 bridgehead atoms. The number of hydroxylamine groups is 2. The van der Waals surface area contributed by atoms with Crippen LogP contribution in [0.2, 0.25) is 0 Å². The highest BCUT2D eigenvalue weighted by atomic mass is 32.2. The second-order valence-electron chi connectivity index (χ2n) is 9.02. The van der Waals surface area contributed by atoms with Gasteiger partial charge in [-0.05, 0) is 37.3 Å². The smallest absolute Gasteiger partial charge is 0.270 e. The molecule has 2 atom stereocenters. The number of rotatable bonds is 11. The van der Waals surface area contributed by atoms with Crippen LogP contribution in [0.25, 0.3) is 10.8 Å². The summed E-state index contributed by atoms with van der Waals surface area (Å²) in [6.45, 7) is 1.77. The standard InChI is InChI=1S/C26H32N4O6S/c1-18(2)37(35,36)30(17-24(32)29(3)34)16-23(31)22(15-19-9-5-4-6-10-19)28-26(33)25-21-12-8-7-11-20(21)13-14-27-25/h4-14,18,22-23,31,34H,15-17H2,1-3H3,(H,28,33)/t22-,23+/m0/s1. The largest absolute Gasteiger partial charge is 0.390 e. The average molecular weight is 529 g/mol. The van der Waals surface area contributed by atoms with E-state index in [1.807, 2.05) is 42.5 Å². The Labute approximate surface area is 216 Å². The van der Waals surface area contributed by atoms with Crippen LogP contribution in [0.4, 0.5) is 0 Å². The molecule has 11 heteroatoms. The Bertz CT molecular complexity index is 1330. The highest BCUT2D eigenvalue weighted by Gasteiger charge is 2.33. The van der Waals surface area contributed by atoms with Crippen molar-refractivity contribution in [1.82, 2.24) is 19.7 Å². The molecule has 0 spiro atoms. The number of carbonyl (C=O) groups excluding carboxylic acids is 2. The number of benzene rings is 2. The zero-order valence-electron chi connectivity index (χ0n) is 21.0. The number of nitrogens with zero attached hydrogens (tertiary/aromatic N) is 3. The molecule has 2 amide bonds. The van der Waals surface area contributed by atoms with E-state index < -0.39 is 52.3 Å². The Balaban J connectivity index is 1.92. The van der Waals surface area contributed by atoms with E-state index in [9.17, 15) is 28.3 Å². The lowest BCUT2D eigenvalue weighted by Crippen LogP contribution is -2.53. The maximum absolute atomic E-state index is 13.3. The first-order valence-corrected chi connectivity index (χ1v) is 13.3. The van der Waals surface area contributed by atoms with Crippen molar-refractivity contribution in [2.24, 2.45) is 0 Å². The minimum atomic E-state index is -3.99. The third-order valence-corrected chi connectivity index (χ3v) is 8.18. The molecule has 2 aromatic carbocycles. The highest BCUT2D eigenvalue weighted by molar-refractivity contribution is 7.89. The number of nitrogens with one attached hydrogen (secondary N) is 1. The number of hydrogen-bond donors (Lipinski definition) is 3. The summed E-state index contributed by atoms with van der Waals surface area (Å²) in [5, 5.41) is 24.4. The first-order valence-electron chi connectivity index (χ1n) is 11.8. The molecule has 0 saturated carbocycles. The molecule has 0 aliphatic carbocycles. The molecule has 0 radical (unpaired) electrons. The van der Waals surface area contributed by atoms with E-state index in [0.29, 0.717) is 10.4 Å². The van der Waals surface area contributed by atoms with Crippen molar-refractivity contribution in [3.05, 3.63) is 78.1 Å². The zero-order chi connectivity index (χ0) is 27.2. The van der Waals surface area contributed by atoms with Gasteiger partial charge in [0.15, 0.2) is 0 Å². The van der Waals surface area contributed by atoms with Gasteiger partial charge >= 0.3 is 0 Å². The van der Waals surface area contributed by atoms with Crippen LogP contribution in [-0.2, 0) is 21.2 Å². The molecule has 1 heterocycles. The Morgan fingerprint density at radius 2 is 1.68 bits per heavy atom. The number of pyridine rings is 1. The summed E-state index contributed by atoms with van der Waals surface area (Å²) in [4.78, 5) is 29.7. The normalized spacial score (nSPS) is 13.5. The fourth-order valence-electron chi connectivity index (χ4n) is 3.83. The Morgan fingerprint density at radius 3 is 2.32 bits per heavy atom. The highest BCUT2D eigenvalue weighted by Crippen LogP contribution is 2.18. The lowest BCUT2D eigenvalue weighted by atomic mass is 10.0. The van der Waals surface area contributed by atoms with Gasteiger partial charge in [0, 0.05) is 25.2 Å². The Kier molecular flexibility index (Phi) is 9.33. The molecule has 0 unspecified atom stereocenters. The molecule has 0 fully saturated rings. The third kappa shape index (κ3) is 7.10. The minimum Gasteiger partial charge on any atom is -0.390 e. The molecular weight excluding hydrogens is 496 g/mol. The maximum Gasteiger partial charge on any atom is 0.270 e. The van der Waals surface area contributed by atoms with Crippen molar-refractivity contribution in [3.8, 4) is 0 Å². The second-order valence-corrected chi connectivity index (χ2v) is 11.5. The van der Waals surface area contributed by atoms with Crippen LogP contribution in [0.3, 0.4) is 0 Å². The molecule has 3 N–H and O–H groups in total. The average Bonchev–Trinajstić information content (AvgIpc) is 2.87. The monoisotopic (exact) mass is 528 g/mol. The van der Waals surface area contributed by atoms with Crippen LogP contribution in [0.1, 0.15) is 29.9 Å². The van der Waals surface area contributed by atoms with Gasteiger partial charge in [0.05, 0.1) is 23.9 Å². The van der Waals surface area contributed by atoms with Crippen molar-refractivity contribution in [1.29, 1.82) is 0 Å². The summed E-state index contributed by atoms with van der Waals surface area (Å²) in [7, 11) is -2.90. The second kappa shape index (κ2) is 12.2. The Hall–Kier alpha value is -3.38. The van der Waals surface area contributed by atoms with Crippen molar-refractivity contribution in [2.45, 2.75) is 37.7 Å². The number of hydrogen-bond acceptors (Lipinski definition) is 7. The van der Waals surface area contributed by atoms with Crippen LogP contribution >= 0.6 is 0 Å². The van der Waals surface area contributed by atoms with Crippen LogP contribution in [0.5, 0.6) is 0 Å². The zero-order valence-corrected chi connectivity index (χ0v) is 21.8. The van der Waals surface area contributed by atoms with Crippen LogP contribution in [0.15, 0.2) is 66.9 Å². The van der Waals surface area contributed by atoms with E-state index >= 15 is 0 Å². The predicted molar refractivity (Wildman–Crippen MR) is 139 cm³/mol. The minimum absolute atomic E-state index is 0.173. The topological polar surface area (TPSA) is 140 Å². The molecule has 1 aromatic heterocycles. The van der Waals surface area contributed by atoms with Gasteiger partial charge in [-0.3, -0.25) is 19.8 Å². The van der Waals surface area contributed by atoms with Gasteiger partial charge in [-0.25, -0.2) is 13.5 Å². The summed E-state index contributed by atoms with van der Waals surface area (Å²) in [6, 6.07) is 17.3. The number of fused-ring (bicyclic) bond motifs is 1. The number of amides is 2. The number of carbonyl (C=O) groups is 2. The molecule has 3 rings (SSSR count). The summed E-state index contributed by atoms with van der Waals surface area (Å²) < 4.78 is 26.8. The van der Waals surface area contributed by atoms with Gasteiger partial charge in [-0.15, -0.1) is 0 Å². The maximum atomic E-state index is 13.3. The van der Waals surface area contributed by atoms with Crippen LogP contribution in [-0.4, -0.2) is 82.4 Å². The van der Waals surface area contributed by atoms with E-state index in [-0.39, 0.29) is 12.1 Å². The molecule has 0 aliphatic heterocycles. The van der Waals surface area contributed by atoms with E-state index in [1.54, 1.807) is 18.2 Å². The van der Waals surface area contributed by atoms with Crippen molar-refractivity contribution in [2.75, 3.05) is 20.1 Å². The molecule has 3 aromatic rings. The first-order chi connectivity index (χ1) is 17.5. The predicted octanol–water partition coefficient (Wildman–Crippen LogP) is 1.82. The number of aliphatic hydroxyl groups excluding tert-OH is 1. The summed E-state index contributed by atoms with van der Waals surface area (Å²) in [5.41, 5.74) is 0.981. The Morgan fingerprint density at radius 1 is 1.03 bits per heavy atom.